The molecule has 0 spiro atoms. The molecule has 0 saturated carbocycles. The minimum atomic E-state index is -0.0356. The lowest BCUT2D eigenvalue weighted by atomic mass is 10.0. The summed E-state index contributed by atoms with van der Waals surface area (Å²) in [5, 5.41) is 8.08. The Balaban J connectivity index is 1.54. The maximum Gasteiger partial charge on any atom is 0.275 e. The molecule has 1 fully saturated rings. The van der Waals surface area contributed by atoms with Crippen molar-refractivity contribution in [1.29, 1.82) is 0 Å². The molecule has 1 amide bonds. The molecular formula is C20H23N5O. The van der Waals surface area contributed by atoms with Crippen molar-refractivity contribution in [3.63, 3.8) is 0 Å². The lowest BCUT2D eigenvalue weighted by molar-refractivity contribution is 0.0713. The number of pyridine rings is 1. The summed E-state index contributed by atoms with van der Waals surface area (Å²) >= 11 is 0. The Bertz CT molecular complexity index is 935. The molecule has 0 radical (unpaired) electrons. The van der Waals surface area contributed by atoms with Crippen LogP contribution in [0.3, 0.4) is 0 Å². The Morgan fingerprint density at radius 3 is 2.92 bits per heavy atom. The highest BCUT2D eigenvalue weighted by Gasteiger charge is 2.29. The smallest absolute Gasteiger partial charge is 0.275 e. The van der Waals surface area contributed by atoms with Crippen LogP contribution in [0.1, 0.15) is 29.0 Å². The fraction of sp³-hybridized carbons (Fsp3) is 0.350. The highest BCUT2D eigenvalue weighted by atomic mass is 16.2. The molecule has 2 aromatic heterocycles. The van der Waals surface area contributed by atoms with Crippen LogP contribution in [0.5, 0.6) is 0 Å². The molecule has 134 valence electrons. The van der Waals surface area contributed by atoms with Gasteiger partial charge in [-0.1, -0.05) is 24.3 Å². The largest absolute Gasteiger partial charge is 0.355 e. The summed E-state index contributed by atoms with van der Waals surface area (Å²) < 4.78 is 0. The van der Waals surface area contributed by atoms with E-state index >= 15 is 0 Å². The third-order valence-electron chi connectivity index (χ3n) is 5.14. The predicted molar refractivity (Wildman–Crippen MR) is 102 cm³/mol. The first-order valence-corrected chi connectivity index (χ1v) is 9.02. The Morgan fingerprint density at radius 2 is 2.08 bits per heavy atom. The van der Waals surface area contributed by atoms with Crippen LogP contribution in [0.25, 0.3) is 10.9 Å². The van der Waals surface area contributed by atoms with Gasteiger partial charge < -0.3 is 9.80 Å². The second kappa shape index (κ2) is 6.78. The van der Waals surface area contributed by atoms with E-state index in [0.717, 1.165) is 48.3 Å². The number of amides is 1. The SMILES string of the molecule is Cc1cccc(N2CCCC(N(C)C(=O)c3n[nH]c4ccccc34)C2)n1. The number of fused-ring (bicyclic) bond motifs is 1. The molecule has 1 atom stereocenters. The van der Waals surface area contributed by atoms with Gasteiger partial charge in [0.1, 0.15) is 5.82 Å². The number of rotatable bonds is 3. The van der Waals surface area contributed by atoms with E-state index in [1.807, 2.05) is 61.3 Å². The Morgan fingerprint density at radius 1 is 1.23 bits per heavy atom. The molecule has 1 aliphatic rings. The Kier molecular flexibility index (Phi) is 4.32. The van der Waals surface area contributed by atoms with Crippen molar-refractivity contribution in [2.75, 3.05) is 25.0 Å². The number of hydrogen-bond donors (Lipinski definition) is 1. The number of anilines is 1. The predicted octanol–water partition coefficient (Wildman–Crippen LogP) is 3.01. The molecular weight excluding hydrogens is 326 g/mol. The third-order valence-corrected chi connectivity index (χ3v) is 5.14. The van der Waals surface area contributed by atoms with Gasteiger partial charge in [0, 0.05) is 37.3 Å². The lowest BCUT2D eigenvalue weighted by Crippen LogP contribution is -2.49. The van der Waals surface area contributed by atoms with E-state index in [-0.39, 0.29) is 11.9 Å². The van der Waals surface area contributed by atoms with Gasteiger partial charge in [0.2, 0.25) is 0 Å². The van der Waals surface area contributed by atoms with Gasteiger partial charge >= 0.3 is 0 Å². The molecule has 6 heteroatoms. The van der Waals surface area contributed by atoms with Gasteiger partial charge in [-0.25, -0.2) is 4.98 Å². The number of carbonyl (C=O) groups excluding carboxylic acids is 1. The minimum absolute atomic E-state index is 0.0356. The van der Waals surface area contributed by atoms with E-state index < -0.39 is 0 Å². The Hall–Kier alpha value is -2.89. The summed E-state index contributed by atoms with van der Waals surface area (Å²) in [6, 6.07) is 14.0. The standard InChI is InChI=1S/C20H23N5O/c1-14-7-5-11-18(21-14)25-12-6-8-15(13-25)24(2)20(26)19-16-9-3-4-10-17(16)22-23-19/h3-5,7,9-11,15H,6,8,12-13H2,1-2H3,(H,22,23). The molecule has 0 bridgehead atoms. The number of aromatic nitrogens is 3. The topological polar surface area (TPSA) is 65.1 Å². The normalized spacial score (nSPS) is 17.5. The van der Waals surface area contributed by atoms with Crippen molar-refractivity contribution in [1.82, 2.24) is 20.1 Å². The molecule has 3 aromatic rings. The summed E-state index contributed by atoms with van der Waals surface area (Å²) in [6.45, 7) is 3.77. The molecule has 0 aliphatic carbocycles. The number of benzene rings is 1. The number of nitrogens with one attached hydrogen (secondary N) is 1. The maximum absolute atomic E-state index is 13.0. The van der Waals surface area contributed by atoms with Crippen LogP contribution in [0.2, 0.25) is 0 Å². The number of likely N-dealkylation sites (N-methyl/N-ethyl adjacent to an activating group) is 1. The molecule has 1 N–H and O–H groups in total. The lowest BCUT2D eigenvalue weighted by Gasteiger charge is -2.38. The van der Waals surface area contributed by atoms with Crippen LogP contribution in [0.4, 0.5) is 5.82 Å². The first-order valence-electron chi connectivity index (χ1n) is 9.02. The molecule has 6 nitrogen and oxygen atoms in total. The molecule has 1 unspecified atom stereocenters. The monoisotopic (exact) mass is 349 g/mol. The van der Waals surface area contributed by atoms with Gasteiger partial charge in [-0.3, -0.25) is 9.89 Å². The summed E-state index contributed by atoms with van der Waals surface area (Å²) in [6.07, 6.45) is 2.03. The molecule has 26 heavy (non-hydrogen) atoms. The third kappa shape index (κ3) is 3.03. The van der Waals surface area contributed by atoms with Gasteiger partial charge in [0.15, 0.2) is 5.69 Å². The van der Waals surface area contributed by atoms with Crippen LogP contribution in [0, 0.1) is 6.92 Å². The van der Waals surface area contributed by atoms with Crippen LogP contribution >= 0.6 is 0 Å². The highest BCUT2D eigenvalue weighted by molar-refractivity contribution is 6.04. The van der Waals surface area contributed by atoms with Gasteiger partial charge in [0.25, 0.3) is 5.91 Å². The zero-order valence-electron chi connectivity index (χ0n) is 15.1. The average molecular weight is 349 g/mol. The fourth-order valence-corrected chi connectivity index (χ4v) is 3.64. The van der Waals surface area contributed by atoms with E-state index in [2.05, 4.69) is 20.1 Å². The molecule has 1 aromatic carbocycles. The zero-order chi connectivity index (χ0) is 18.1. The van der Waals surface area contributed by atoms with E-state index in [9.17, 15) is 4.79 Å². The fourth-order valence-electron chi connectivity index (χ4n) is 3.64. The highest BCUT2D eigenvalue weighted by Crippen LogP contribution is 2.23. The van der Waals surface area contributed by atoms with E-state index in [4.69, 9.17) is 0 Å². The number of aromatic amines is 1. The van der Waals surface area contributed by atoms with Gasteiger partial charge in [-0.15, -0.1) is 0 Å². The van der Waals surface area contributed by atoms with E-state index in [1.165, 1.54) is 0 Å². The summed E-state index contributed by atoms with van der Waals surface area (Å²) in [4.78, 5) is 21.8. The van der Waals surface area contributed by atoms with Crippen molar-refractivity contribution in [2.45, 2.75) is 25.8 Å². The summed E-state index contributed by atoms with van der Waals surface area (Å²) in [5.41, 5.74) is 2.39. The number of hydrogen-bond acceptors (Lipinski definition) is 4. The number of H-pyrrole nitrogens is 1. The zero-order valence-corrected chi connectivity index (χ0v) is 15.1. The van der Waals surface area contributed by atoms with Crippen molar-refractivity contribution in [3.05, 3.63) is 53.9 Å². The number of para-hydroxylation sites is 1. The molecule has 1 saturated heterocycles. The van der Waals surface area contributed by atoms with Gasteiger partial charge in [-0.2, -0.15) is 5.10 Å². The van der Waals surface area contributed by atoms with Crippen molar-refractivity contribution in [3.8, 4) is 0 Å². The van der Waals surface area contributed by atoms with Gasteiger partial charge in [-0.05, 0) is 38.0 Å². The van der Waals surface area contributed by atoms with E-state index in [0.29, 0.717) is 5.69 Å². The van der Waals surface area contributed by atoms with E-state index in [1.54, 1.807) is 0 Å². The number of piperidine rings is 1. The molecule has 3 heterocycles. The Labute approximate surface area is 152 Å². The first-order chi connectivity index (χ1) is 12.6. The number of nitrogens with zero attached hydrogens (tertiary/aromatic N) is 4. The summed E-state index contributed by atoms with van der Waals surface area (Å²) in [7, 11) is 1.88. The average Bonchev–Trinajstić information content (AvgIpc) is 3.11. The maximum atomic E-state index is 13.0. The second-order valence-electron chi connectivity index (χ2n) is 6.91. The van der Waals surface area contributed by atoms with Gasteiger partial charge in [0.05, 0.1) is 5.52 Å². The first kappa shape index (κ1) is 16.6. The second-order valence-corrected chi connectivity index (χ2v) is 6.91. The minimum Gasteiger partial charge on any atom is -0.355 e. The van der Waals surface area contributed by atoms with Crippen LogP contribution < -0.4 is 4.90 Å². The summed E-state index contributed by atoms with van der Waals surface area (Å²) in [5.74, 6) is 0.951. The quantitative estimate of drug-likeness (QED) is 0.789. The van der Waals surface area contributed by atoms with Crippen molar-refractivity contribution >= 4 is 22.6 Å². The van der Waals surface area contributed by atoms with Crippen molar-refractivity contribution in [2.24, 2.45) is 0 Å². The molecule has 4 rings (SSSR count). The molecule has 1 aliphatic heterocycles. The van der Waals surface area contributed by atoms with Crippen LogP contribution in [0.15, 0.2) is 42.5 Å². The number of carbonyl (C=O) groups is 1. The van der Waals surface area contributed by atoms with Crippen LogP contribution in [-0.2, 0) is 0 Å². The van der Waals surface area contributed by atoms with Crippen molar-refractivity contribution < 1.29 is 4.79 Å². The van der Waals surface area contributed by atoms with Crippen LogP contribution in [-0.4, -0.2) is 52.2 Å². The number of aryl methyl sites for hydroxylation is 1.